The molecule has 1 saturated heterocycles. The van der Waals surface area contributed by atoms with E-state index in [4.69, 9.17) is 15.2 Å². The van der Waals surface area contributed by atoms with Gasteiger partial charge in [-0.2, -0.15) is 0 Å². The summed E-state index contributed by atoms with van der Waals surface area (Å²) in [5.41, 5.74) is 5.41. The minimum Gasteiger partial charge on any atom is -0.485 e. The highest BCUT2D eigenvalue weighted by molar-refractivity contribution is 5.84. The minimum absolute atomic E-state index is 0.0379. The Bertz CT molecular complexity index is 607. The third-order valence-corrected chi connectivity index (χ3v) is 4.33. The maximum absolute atomic E-state index is 12.7. The summed E-state index contributed by atoms with van der Waals surface area (Å²) in [7, 11) is 0. The van der Waals surface area contributed by atoms with E-state index in [0.717, 1.165) is 12.8 Å². The molecule has 2 unspecified atom stereocenters. The summed E-state index contributed by atoms with van der Waals surface area (Å²) < 4.78 is 11.4. The Kier molecular flexibility index (Phi) is 5.20. The van der Waals surface area contributed by atoms with Gasteiger partial charge in [0.15, 0.2) is 11.5 Å². The zero-order chi connectivity index (χ0) is 16.9. The summed E-state index contributed by atoms with van der Waals surface area (Å²) in [5, 5.41) is 2.80. The summed E-state index contributed by atoms with van der Waals surface area (Å²) in [6, 6.07) is 7.30. The lowest BCUT2D eigenvalue weighted by molar-refractivity contribution is -0.144. The van der Waals surface area contributed by atoms with Crippen LogP contribution in [0.4, 0.5) is 0 Å². The number of benzene rings is 1. The van der Waals surface area contributed by atoms with Gasteiger partial charge in [-0.1, -0.05) is 12.1 Å². The number of hydrogen-bond acceptors (Lipinski definition) is 5. The molecule has 3 N–H and O–H groups in total. The first-order chi connectivity index (χ1) is 11.7. The number of carbonyl (C=O) groups excluding carboxylic acids is 2. The summed E-state index contributed by atoms with van der Waals surface area (Å²) in [5.74, 6) is 0.881. The summed E-state index contributed by atoms with van der Waals surface area (Å²) >= 11 is 0. The summed E-state index contributed by atoms with van der Waals surface area (Å²) in [4.78, 5) is 26.5. The van der Waals surface area contributed by atoms with Crippen LogP contribution in [0.15, 0.2) is 24.3 Å². The molecule has 2 aliphatic rings. The molecule has 2 aliphatic heterocycles. The van der Waals surface area contributed by atoms with Crippen molar-refractivity contribution in [2.24, 2.45) is 11.7 Å². The van der Waals surface area contributed by atoms with Gasteiger partial charge in [-0.3, -0.25) is 9.59 Å². The van der Waals surface area contributed by atoms with Crippen molar-refractivity contribution in [2.75, 3.05) is 32.8 Å². The van der Waals surface area contributed by atoms with E-state index in [0.29, 0.717) is 37.7 Å². The Morgan fingerprint density at radius 2 is 2.08 bits per heavy atom. The second-order valence-electron chi connectivity index (χ2n) is 6.07. The molecule has 0 radical (unpaired) electrons. The summed E-state index contributed by atoms with van der Waals surface area (Å²) in [6.07, 6.45) is 0.924. The van der Waals surface area contributed by atoms with Crippen molar-refractivity contribution >= 4 is 11.8 Å². The molecule has 7 nitrogen and oxygen atoms in total. The molecule has 3 rings (SSSR count). The number of nitrogens with two attached hydrogens (primary N) is 1. The van der Waals surface area contributed by atoms with Crippen molar-refractivity contribution in [2.45, 2.75) is 18.9 Å². The highest BCUT2D eigenvalue weighted by Crippen LogP contribution is 2.31. The zero-order valence-electron chi connectivity index (χ0n) is 13.6. The largest absolute Gasteiger partial charge is 0.485 e. The fraction of sp³-hybridized carbons (Fsp3) is 0.529. The fourth-order valence-electron chi connectivity index (χ4n) is 3.08. The minimum atomic E-state index is -0.661. The molecule has 0 spiro atoms. The molecule has 0 aromatic heterocycles. The van der Waals surface area contributed by atoms with Gasteiger partial charge in [-0.15, -0.1) is 0 Å². The fourth-order valence-corrected chi connectivity index (χ4v) is 3.08. The lowest BCUT2D eigenvalue weighted by Gasteiger charge is -2.35. The van der Waals surface area contributed by atoms with E-state index in [-0.39, 0.29) is 24.3 Å². The molecular weight excluding hydrogens is 310 g/mol. The van der Waals surface area contributed by atoms with Gasteiger partial charge in [0, 0.05) is 26.2 Å². The van der Waals surface area contributed by atoms with Crippen LogP contribution in [0.25, 0.3) is 0 Å². The van der Waals surface area contributed by atoms with Gasteiger partial charge in [0.2, 0.25) is 12.0 Å². The second-order valence-corrected chi connectivity index (χ2v) is 6.07. The van der Waals surface area contributed by atoms with Crippen LogP contribution in [0, 0.1) is 5.92 Å². The Morgan fingerprint density at radius 1 is 1.29 bits per heavy atom. The van der Waals surface area contributed by atoms with Crippen molar-refractivity contribution in [3.63, 3.8) is 0 Å². The normalized spacial score (nSPS) is 22.8. The first-order valence-corrected chi connectivity index (χ1v) is 8.34. The maximum Gasteiger partial charge on any atom is 0.267 e. The molecule has 7 heteroatoms. The number of para-hydroxylation sites is 2. The highest BCUT2D eigenvalue weighted by atomic mass is 16.6. The predicted octanol–water partition coefficient (Wildman–Crippen LogP) is 0.140. The Labute approximate surface area is 141 Å². The SMILES string of the molecule is NCCNC(=O)C1CCCN(C(=O)C2COc3ccccc3O2)C1. The van der Waals surface area contributed by atoms with E-state index in [1.807, 2.05) is 18.2 Å². The monoisotopic (exact) mass is 333 g/mol. The molecule has 0 aliphatic carbocycles. The molecule has 1 fully saturated rings. The van der Waals surface area contributed by atoms with Crippen LogP contribution in [0.3, 0.4) is 0 Å². The van der Waals surface area contributed by atoms with Crippen molar-refractivity contribution in [3.8, 4) is 11.5 Å². The average Bonchev–Trinajstić information content (AvgIpc) is 2.65. The van der Waals surface area contributed by atoms with Crippen molar-refractivity contribution in [1.82, 2.24) is 10.2 Å². The molecule has 0 saturated carbocycles. The van der Waals surface area contributed by atoms with Crippen LogP contribution in [-0.4, -0.2) is 55.6 Å². The third kappa shape index (κ3) is 3.62. The number of fused-ring (bicyclic) bond motifs is 1. The Hall–Kier alpha value is -2.28. The molecule has 1 aromatic rings. The second kappa shape index (κ2) is 7.53. The van der Waals surface area contributed by atoms with E-state index in [9.17, 15) is 9.59 Å². The number of ether oxygens (including phenoxy) is 2. The van der Waals surface area contributed by atoms with Gasteiger partial charge in [-0.25, -0.2) is 0 Å². The predicted molar refractivity (Wildman–Crippen MR) is 87.7 cm³/mol. The van der Waals surface area contributed by atoms with Gasteiger partial charge < -0.3 is 25.4 Å². The van der Waals surface area contributed by atoms with E-state index in [1.165, 1.54) is 0 Å². The van der Waals surface area contributed by atoms with Gasteiger partial charge in [-0.05, 0) is 25.0 Å². The van der Waals surface area contributed by atoms with E-state index in [1.54, 1.807) is 11.0 Å². The van der Waals surface area contributed by atoms with Crippen LogP contribution in [-0.2, 0) is 9.59 Å². The smallest absolute Gasteiger partial charge is 0.267 e. The Balaban J connectivity index is 1.60. The van der Waals surface area contributed by atoms with Gasteiger partial charge >= 0.3 is 0 Å². The average molecular weight is 333 g/mol. The standard InChI is InChI=1S/C17H23N3O4/c18-7-8-19-16(21)12-4-3-9-20(10-12)17(22)15-11-23-13-5-1-2-6-14(13)24-15/h1-2,5-6,12,15H,3-4,7-11,18H2,(H,19,21). The topological polar surface area (TPSA) is 93.9 Å². The number of carbonyl (C=O) groups is 2. The quantitative estimate of drug-likeness (QED) is 0.817. The number of nitrogens with one attached hydrogen (secondary N) is 1. The molecule has 2 heterocycles. The van der Waals surface area contributed by atoms with Crippen LogP contribution >= 0.6 is 0 Å². The first-order valence-electron chi connectivity index (χ1n) is 8.34. The van der Waals surface area contributed by atoms with Gasteiger partial charge in [0.25, 0.3) is 5.91 Å². The van der Waals surface area contributed by atoms with Crippen molar-refractivity contribution in [3.05, 3.63) is 24.3 Å². The van der Waals surface area contributed by atoms with E-state index in [2.05, 4.69) is 5.32 Å². The van der Waals surface area contributed by atoms with E-state index < -0.39 is 6.10 Å². The van der Waals surface area contributed by atoms with Gasteiger partial charge in [0.05, 0.1) is 5.92 Å². The maximum atomic E-state index is 12.7. The number of rotatable bonds is 4. The molecule has 0 bridgehead atoms. The van der Waals surface area contributed by atoms with Crippen molar-refractivity contribution in [1.29, 1.82) is 0 Å². The lowest BCUT2D eigenvalue weighted by atomic mass is 9.96. The van der Waals surface area contributed by atoms with Gasteiger partial charge in [0.1, 0.15) is 6.61 Å². The van der Waals surface area contributed by atoms with Crippen LogP contribution in [0.2, 0.25) is 0 Å². The third-order valence-electron chi connectivity index (χ3n) is 4.33. The number of hydrogen-bond donors (Lipinski definition) is 2. The highest BCUT2D eigenvalue weighted by Gasteiger charge is 2.35. The summed E-state index contributed by atoms with van der Waals surface area (Å²) in [6.45, 7) is 2.11. The van der Waals surface area contributed by atoms with Crippen LogP contribution < -0.4 is 20.5 Å². The van der Waals surface area contributed by atoms with E-state index >= 15 is 0 Å². The molecule has 1 aromatic carbocycles. The number of amides is 2. The number of piperidine rings is 1. The molecule has 2 amide bonds. The number of likely N-dealkylation sites (tertiary alicyclic amines) is 1. The number of nitrogens with zero attached hydrogens (tertiary/aromatic N) is 1. The van der Waals surface area contributed by atoms with Crippen LogP contribution in [0.5, 0.6) is 11.5 Å². The molecular formula is C17H23N3O4. The zero-order valence-corrected chi connectivity index (χ0v) is 13.6. The Morgan fingerprint density at radius 3 is 2.88 bits per heavy atom. The molecule has 24 heavy (non-hydrogen) atoms. The van der Waals surface area contributed by atoms with Crippen LogP contribution in [0.1, 0.15) is 12.8 Å². The first kappa shape index (κ1) is 16.6. The molecule has 130 valence electrons. The van der Waals surface area contributed by atoms with Crippen molar-refractivity contribution < 1.29 is 19.1 Å². The molecule has 2 atom stereocenters. The lowest BCUT2D eigenvalue weighted by Crippen LogP contribution is -2.52.